The van der Waals surface area contributed by atoms with Crippen molar-refractivity contribution < 1.29 is 14.2 Å². The molecule has 6 nitrogen and oxygen atoms in total. The van der Waals surface area contributed by atoms with Crippen LogP contribution in [0.2, 0.25) is 0 Å². The summed E-state index contributed by atoms with van der Waals surface area (Å²) in [5, 5.41) is 8.65. The molecule has 2 rings (SSSR count). The molecule has 2 aromatic rings. The van der Waals surface area contributed by atoms with Crippen LogP contribution in [0.5, 0.6) is 17.2 Å². The van der Waals surface area contributed by atoms with Gasteiger partial charge in [0, 0.05) is 11.4 Å². The number of ether oxygens (including phenoxy) is 3. The minimum Gasteiger partial charge on any atom is -0.493 e. The summed E-state index contributed by atoms with van der Waals surface area (Å²) in [6, 6.07) is 7.96. The van der Waals surface area contributed by atoms with Crippen molar-refractivity contribution in [2.75, 3.05) is 27.9 Å². The van der Waals surface area contributed by atoms with Crippen LogP contribution >= 0.6 is 11.3 Å². The van der Waals surface area contributed by atoms with Crippen molar-refractivity contribution >= 4 is 17.3 Å². The fourth-order valence-corrected chi connectivity index (χ4v) is 2.97. The molecule has 0 amide bonds. The molecule has 0 bridgehead atoms. The average Bonchev–Trinajstić information content (AvgIpc) is 3.16. The molecule has 0 aliphatic heterocycles. The molecule has 1 aromatic heterocycles. The van der Waals surface area contributed by atoms with Crippen molar-refractivity contribution in [3.8, 4) is 17.2 Å². The van der Waals surface area contributed by atoms with E-state index in [0.717, 1.165) is 24.6 Å². The van der Waals surface area contributed by atoms with Crippen molar-refractivity contribution in [2.45, 2.75) is 20.0 Å². The Balaban J connectivity index is 2.12. The average molecular weight is 363 g/mol. The second kappa shape index (κ2) is 9.78. The number of guanidine groups is 1. The first-order valence-corrected chi connectivity index (χ1v) is 8.93. The van der Waals surface area contributed by atoms with E-state index in [4.69, 9.17) is 14.2 Å². The minimum absolute atomic E-state index is 0.497. The summed E-state index contributed by atoms with van der Waals surface area (Å²) in [7, 11) is 4.81. The lowest BCUT2D eigenvalue weighted by Crippen LogP contribution is -2.36. The zero-order chi connectivity index (χ0) is 18.1. The van der Waals surface area contributed by atoms with E-state index < -0.39 is 0 Å². The number of nitrogens with one attached hydrogen (secondary N) is 2. The van der Waals surface area contributed by atoms with Crippen LogP contribution in [-0.2, 0) is 13.1 Å². The van der Waals surface area contributed by atoms with Gasteiger partial charge in [0.2, 0.25) is 5.75 Å². The van der Waals surface area contributed by atoms with Crippen LogP contribution in [0.15, 0.2) is 34.6 Å². The van der Waals surface area contributed by atoms with Crippen LogP contribution in [0.1, 0.15) is 17.4 Å². The summed E-state index contributed by atoms with van der Waals surface area (Å²) >= 11 is 1.72. The molecule has 0 spiro atoms. The number of hydrogen-bond acceptors (Lipinski definition) is 5. The first-order valence-electron chi connectivity index (χ1n) is 8.05. The first kappa shape index (κ1) is 18.9. The second-order valence-electron chi connectivity index (χ2n) is 5.16. The van der Waals surface area contributed by atoms with Crippen LogP contribution in [0.3, 0.4) is 0 Å². The molecule has 0 saturated heterocycles. The van der Waals surface area contributed by atoms with Gasteiger partial charge in [-0.1, -0.05) is 6.07 Å². The Hall–Kier alpha value is -2.41. The lowest BCUT2D eigenvalue weighted by atomic mass is 10.2. The van der Waals surface area contributed by atoms with Crippen molar-refractivity contribution in [3.63, 3.8) is 0 Å². The third kappa shape index (κ3) is 5.29. The maximum atomic E-state index is 5.39. The highest BCUT2D eigenvalue weighted by Gasteiger charge is 2.13. The fourth-order valence-electron chi connectivity index (χ4n) is 2.32. The third-order valence-electron chi connectivity index (χ3n) is 3.50. The van der Waals surface area contributed by atoms with Gasteiger partial charge in [-0.3, -0.25) is 0 Å². The molecule has 2 N–H and O–H groups in total. The normalized spacial score (nSPS) is 11.1. The van der Waals surface area contributed by atoms with Gasteiger partial charge < -0.3 is 24.8 Å². The zero-order valence-electron chi connectivity index (χ0n) is 15.1. The Labute approximate surface area is 152 Å². The lowest BCUT2D eigenvalue weighted by Gasteiger charge is -2.14. The number of methoxy groups -OCH3 is 3. The summed E-state index contributed by atoms with van der Waals surface area (Å²) < 4.78 is 16.1. The van der Waals surface area contributed by atoms with Crippen molar-refractivity contribution in [1.82, 2.24) is 10.6 Å². The Kier molecular flexibility index (Phi) is 7.40. The molecule has 0 radical (unpaired) electrons. The maximum Gasteiger partial charge on any atom is 0.203 e. The summed E-state index contributed by atoms with van der Waals surface area (Å²) in [4.78, 5) is 5.90. The molecule has 0 aliphatic carbocycles. The first-order chi connectivity index (χ1) is 12.2. The van der Waals surface area contributed by atoms with Crippen molar-refractivity contribution in [3.05, 3.63) is 40.1 Å². The molecule has 7 heteroatoms. The van der Waals surface area contributed by atoms with Gasteiger partial charge in [0.25, 0.3) is 0 Å². The highest BCUT2D eigenvalue weighted by atomic mass is 32.1. The van der Waals surface area contributed by atoms with E-state index >= 15 is 0 Å². The molecular formula is C18H25N3O3S. The molecule has 1 heterocycles. The van der Waals surface area contributed by atoms with E-state index in [1.54, 1.807) is 32.7 Å². The summed E-state index contributed by atoms with van der Waals surface area (Å²) in [5.41, 5.74) is 0.975. The predicted molar refractivity (Wildman–Crippen MR) is 102 cm³/mol. The number of benzene rings is 1. The molecule has 0 fully saturated rings. The number of hydrogen-bond donors (Lipinski definition) is 2. The molecular weight excluding hydrogens is 338 g/mol. The van der Waals surface area contributed by atoms with E-state index in [-0.39, 0.29) is 0 Å². The monoisotopic (exact) mass is 363 g/mol. The maximum absolute atomic E-state index is 5.39. The second-order valence-corrected chi connectivity index (χ2v) is 6.19. The number of aliphatic imine (C=N–C) groups is 1. The van der Waals surface area contributed by atoms with E-state index in [0.29, 0.717) is 23.8 Å². The van der Waals surface area contributed by atoms with Crippen molar-refractivity contribution in [1.29, 1.82) is 0 Å². The van der Waals surface area contributed by atoms with Crippen LogP contribution in [0, 0.1) is 0 Å². The molecule has 25 heavy (non-hydrogen) atoms. The Morgan fingerprint density at radius 2 is 1.80 bits per heavy atom. The molecule has 0 unspecified atom stereocenters. The SMILES string of the molecule is CCNC(=NCc1cc(OC)c(OC)c(OC)c1)NCc1cccs1. The third-order valence-corrected chi connectivity index (χ3v) is 4.38. The number of nitrogens with zero attached hydrogens (tertiary/aromatic N) is 1. The topological polar surface area (TPSA) is 64.1 Å². The van der Waals surface area contributed by atoms with E-state index in [1.807, 2.05) is 25.1 Å². The molecule has 136 valence electrons. The lowest BCUT2D eigenvalue weighted by molar-refractivity contribution is 0.324. The van der Waals surface area contributed by atoms with E-state index in [9.17, 15) is 0 Å². The quantitative estimate of drug-likeness (QED) is 0.558. The molecule has 0 saturated carbocycles. The van der Waals surface area contributed by atoms with E-state index in [2.05, 4.69) is 27.1 Å². The smallest absolute Gasteiger partial charge is 0.203 e. The largest absolute Gasteiger partial charge is 0.493 e. The molecule has 0 aliphatic rings. The van der Waals surface area contributed by atoms with Crippen LogP contribution < -0.4 is 24.8 Å². The standard InChI is InChI=1S/C18H25N3O3S/c1-5-19-18(21-12-14-7-6-8-25-14)20-11-13-9-15(22-2)17(24-4)16(10-13)23-3/h6-10H,5,11-12H2,1-4H3,(H2,19,20,21). The fraction of sp³-hybridized carbons (Fsp3) is 0.389. The summed E-state index contributed by atoms with van der Waals surface area (Å²) in [6.07, 6.45) is 0. The number of rotatable bonds is 8. The zero-order valence-corrected chi connectivity index (χ0v) is 15.9. The summed E-state index contributed by atoms with van der Waals surface area (Å²) in [6.45, 7) is 4.09. The Morgan fingerprint density at radius 3 is 2.32 bits per heavy atom. The Bertz CT molecular complexity index is 662. The summed E-state index contributed by atoms with van der Waals surface area (Å²) in [5.74, 6) is 2.61. The van der Waals surface area contributed by atoms with Gasteiger partial charge in [-0.15, -0.1) is 11.3 Å². The van der Waals surface area contributed by atoms with Gasteiger partial charge >= 0.3 is 0 Å². The minimum atomic E-state index is 0.497. The highest BCUT2D eigenvalue weighted by molar-refractivity contribution is 7.09. The van der Waals surface area contributed by atoms with Gasteiger partial charge in [-0.25, -0.2) is 4.99 Å². The highest BCUT2D eigenvalue weighted by Crippen LogP contribution is 2.38. The number of thiophene rings is 1. The van der Waals surface area contributed by atoms with Crippen LogP contribution in [-0.4, -0.2) is 33.8 Å². The Morgan fingerprint density at radius 1 is 1.08 bits per heavy atom. The van der Waals surface area contributed by atoms with E-state index in [1.165, 1.54) is 4.88 Å². The van der Waals surface area contributed by atoms with Gasteiger partial charge in [0.05, 0.1) is 34.4 Å². The van der Waals surface area contributed by atoms with Crippen LogP contribution in [0.25, 0.3) is 0 Å². The van der Waals surface area contributed by atoms with Crippen molar-refractivity contribution in [2.24, 2.45) is 4.99 Å². The van der Waals surface area contributed by atoms with Gasteiger partial charge in [0.15, 0.2) is 17.5 Å². The van der Waals surface area contributed by atoms with Gasteiger partial charge in [0.1, 0.15) is 0 Å². The molecule has 0 atom stereocenters. The molecule has 1 aromatic carbocycles. The van der Waals surface area contributed by atoms with Gasteiger partial charge in [-0.05, 0) is 36.1 Å². The predicted octanol–water partition coefficient (Wildman–Crippen LogP) is 3.03. The van der Waals surface area contributed by atoms with Gasteiger partial charge in [-0.2, -0.15) is 0 Å². The van der Waals surface area contributed by atoms with Crippen LogP contribution in [0.4, 0.5) is 0 Å².